The van der Waals surface area contributed by atoms with Gasteiger partial charge in [-0.3, -0.25) is 9.52 Å². The van der Waals surface area contributed by atoms with Crippen LogP contribution in [0.4, 0.5) is 0 Å². The summed E-state index contributed by atoms with van der Waals surface area (Å²) in [6, 6.07) is 27.1. The first-order valence-corrected chi connectivity index (χ1v) is 13.3. The predicted octanol–water partition coefficient (Wildman–Crippen LogP) is 6.02. The molecule has 0 amide bonds. The van der Waals surface area contributed by atoms with Crippen LogP contribution in [0.15, 0.2) is 89.8 Å². The minimum atomic E-state index is -1.95. The van der Waals surface area contributed by atoms with Gasteiger partial charge in [-0.1, -0.05) is 90.1 Å². The van der Waals surface area contributed by atoms with E-state index in [1.807, 2.05) is 106 Å². The van der Waals surface area contributed by atoms with Gasteiger partial charge >= 0.3 is 5.97 Å². The lowest BCUT2D eigenvalue weighted by Crippen LogP contribution is -2.42. The van der Waals surface area contributed by atoms with E-state index >= 15 is 0 Å². The van der Waals surface area contributed by atoms with E-state index in [0.29, 0.717) is 13.0 Å². The summed E-state index contributed by atoms with van der Waals surface area (Å²) < 4.78 is 15.3. The van der Waals surface area contributed by atoms with Gasteiger partial charge in [-0.25, -0.2) is 0 Å². The smallest absolute Gasteiger partial charge is 0.324 e. The fraction of sp³-hybridized carbons (Fsp3) is 0.276. The molecule has 0 aliphatic carbocycles. The Hall–Kier alpha value is -2.86. The predicted molar refractivity (Wildman–Crippen MR) is 144 cm³/mol. The van der Waals surface area contributed by atoms with E-state index in [4.69, 9.17) is 9.47 Å². The second-order valence-corrected chi connectivity index (χ2v) is 11.7. The molecule has 0 saturated heterocycles. The third-order valence-corrected chi connectivity index (χ3v) is 7.43. The SMILES string of the molecule is C=S(=C)(N[C@@H](CC(C)(C)OCc1ccccc1)C(=O)OCc1ccccc1)c1ccc(C)cc1. The monoisotopic (exact) mass is 477 g/mol. The van der Waals surface area contributed by atoms with E-state index in [0.717, 1.165) is 21.6 Å². The van der Waals surface area contributed by atoms with Crippen LogP contribution in [0, 0.1) is 6.92 Å². The molecule has 0 saturated carbocycles. The molecule has 180 valence electrons. The van der Waals surface area contributed by atoms with Crippen LogP contribution in [0.2, 0.25) is 0 Å². The standard InChI is InChI=1S/C29H35NO3S/c1-23-16-18-26(19-17-23)34(4,5)30-27(28(31)32-21-24-12-8-6-9-13-24)20-29(2,3)33-22-25-14-10-7-11-15-25/h6-19,27,30H,4-5,20-22H2,1-3H3/t27-/m0/s1. The van der Waals surface area contributed by atoms with Gasteiger partial charge in [0.2, 0.25) is 0 Å². The molecule has 5 heteroatoms. The molecule has 0 radical (unpaired) electrons. The molecule has 0 fully saturated rings. The average Bonchev–Trinajstić information content (AvgIpc) is 2.82. The number of hydrogen-bond acceptors (Lipinski definition) is 4. The summed E-state index contributed by atoms with van der Waals surface area (Å²) in [5.41, 5.74) is 2.60. The molecule has 34 heavy (non-hydrogen) atoms. The van der Waals surface area contributed by atoms with Crippen LogP contribution >= 0.6 is 9.39 Å². The maximum atomic E-state index is 13.2. The number of esters is 1. The lowest BCUT2D eigenvalue weighted by molar-refractivity contribution is -0.149. The number of nitrogens with one attached hydrogen (secondary N) is 1. The highest BCUT2D eigenvalue weighted by Gasteiger charge is 2.31. The quantitative estimate of drug-likeness (QED) is 0.271. The van der Waals surface area contributed by atoms with Crippen molar-refractivity contribution < 1.29 is 14.3 Å². The zero-order valence-corrected chi connectivity index (χ0v) is 21.1. The molecule has 1 N–H and O–H groups in total. The van der Waals surface area contributed by atoms with Gasteiger partial charge in [0, 0.05) is 11.3 Å². The first-order chi connectivity index (χ1) is 16.1. The van der Waals surface area contributed by atoms with Crippen molar-refractivity contribution in [2.45, 2.75) is 56.9 Å². The Bertz CT molecular complexity index is 1160. The Balaban J connectivity index is 1.75. The summed E-state index contributed by atoms with van der Waals surface area (Å²) in [7, 11) is -1.95. The second kappa shape index (κ2) is 11.5. The zero-order valence-electron chi connectivity index (χ0n) is 20.3. The summed E-state index contributed by atoms with van der Waals surface area (Å²) in [6.07, 6.45) is 0.416. The van der Waals surface area contributed by atoms with Crippen molar-refractivity contribution in [3.63, 3.8) is 0 Å². The third kappa shape index (κ3) is 7.87. The summed E-state index contributed by atoms with van der Waals surface area (Å²) in [5, 5.41) is 0. The number of hydrogen-bond donors (Lipinski definition) is 1. The fourth-order valence-electron chi connectivity index (χ4n) is 3.54. The van der Waals surface area contributed by atoms with Crippen molar-refractivity contribution in [2.75, 3.05) is 0 Å². The van der Waals surface area contributed by atoms with Gasteiger partial charge in [0.25, 0.3) is 0 Å². The summed E-state index contributed by atoms with van der Waals surface area (Å²) >= 11 is 0. The summed E-state index contributed by atoms with van der Waals surface area (Å²) in [6.45, 7) is 6.69. The molecule has 3 aromatic carbocycles. The zero-order chi connectivity index (χ0) is 24.6. The highest BCUT2D eigenvalue weighted by Crippen LogP contribution is 2.31. The Morgan fingerprint density at radius 1 is 0.882 bits per heavy atom. The van der Waals surface area contributed by atoms with Gasteiger partial charge < -0.3 is 9.47 Å². The highest BCUT2D eigenvalue weighted by atomic mass is 32.2. The molecule has 0 aliphatic heterocycles. The first kappa shape index (κ1) is 25.8. The van der Waals surface area contributed by atoms with Gasteiger partial charge in [-0.15, -0.1) is 9.39 Å². The number of carbonyl (C=O) groups excluding carboxylic acids is 1. The van der Waals surface area contributed by atoms with Crippen molar-refractivity contribution >= 4 is 27.1 Å². The third-order valence-electron chi connectivity index (χ3n) is 5.52. The molecule has 1 atom stereocenters. The molecule has 0 heterocycles. The van der Waals surface area contributed by atoms with Crippen molar-refractivity contribution in [3.8, 4) is 0 Å². The van der Waals surface area contributed by atoms with Gasteiger partial charge in [0.05, 0.1) is 12.2 Å². The number of rotatable bonds is 11. The molecule has 0 aromatic heterocycles. The summed E-state index contributed by atoms with van der Waals surface area (Å²) in [5.74, 6) is 8.36. The van der Waals surface area contributed by atoms with Crippen LogP contribution in [-0.2, 0) is 27.5 Å². The molecule has 0 unspecified atom stereocenters. The second-order valence-electron chi connectivity index (χ2n) is 9.20. The first-order valence-electron chi connectivity index (χ1n) is 11.4. The van der Waals surface area contributed by atoms with Crippen LogP contribution in [0.5, 0.6) is 0 Å². The molecular weight excluding hydrogens is 442 g/mol. The maximum absolute atomic E-state index is 13.2. The highest BCUT2D eigenvalue weighted by molar-refractivity contribution is 8.26. The van der Waals surface area contributed by atoms with E-state index in [1.165, 1.54) is 0 Å². The van der Waals surface area contributed by atoms with Crippen LogP contribution in [0.3, 0.4) is 0 Å². The largest absolute Gasteiger partial charge is 0.460 e. The minimum absolute atomic E-state index is 0.213. The Labute approximate surface area is 204 Å². The normalized spacial score (nSPS) is 12.8. The molecule has 4 nitrogen and oxygen atoms in total. The van der Waals surface area contributed by atoms with Crippen LogP contribution in [0.1, 0.15) is 37.0 Å². The van der Waals surface area contributed by atoms with Gasteiger partial charge in [-0.05, 0) is 44.0 Å². The lowest BCUT2D eigenvalue weighted by atomic mass is 9.99. The fourth-order valence-corrected chi connectivity index (χ4v) is 5.06. The molecule has 0 aliphatic rings. The Morgan fingerprint density at radius 3 is 1.97 bits per heavy atom. The topological polar surface area (TPSA) is 47.6 Å². The number of benzene rings is 3. The summed E-state index contributed by atoms with van der Waals surface area (Å²) in [4.78, 5) is 14.2. The van der Waals surface area contributed by atoms with Crippen molar-refractivity contribution in [1.82, 2.24) is 4.72 Å². The van der Waals surface area contributed by atoms with Crippen LogP contribution < -0.4 is 4.72 Å². The van der Waals surface area contributed by atoms with Crippen molar-refractivity contribution in [3.05, 3.63) is 102 Å². The number of aryl methyl sites for hydroxylation is 1. The average molecular weight is 478 g/mol. The lowest BCUT2D eigenvalue weighted by Gasteiger charge is -2.32. The van der Waals surface area contributed by atoms with Crippen LogP contribution in [0.25, 0.3) is 0 Å². The Morgan fingerprint density at radius 2 is 1.41 bits per heavy atom. The van der Waals surface area contributed by atoms with Gasteiger partial charge in [0.15, 0.2) is 0 Å². The minimum Gasteiger partial charge on any atom is -0.460 e. The van der Waals surface area contributed by atoms with Crippen molar-refractivity contribution in [2.24, 2.45) is 0 Å². The van der Waals surface area contributed by atoms with Crippen LogP contribution in [-0.4, -0.2) is 29.4 Å². The van der Waals surface area contributed by atoms with Crippen molar-refractivity contribution in [1.29, 1.82) is 0 Å². The molecule has 3 aromatic rings. The van der Waals surface area contributed by atoms with E-state index in [2.05, 4.69) is 16.5 Å². The maximum Gasteiger partial charge on any atom is 0.324 e. The van der Waals surface area contributed by atoms with E-state index in [9.17, 15) is 4.79 Å². The molecule has 3 rings (SSSR count). The number of carbonyl (C=O) groups is 1. The van der Waals surface area contributed by atoms with E-state index in [1.54, 1.807) is 0 Å². The van der Waals surface area contributed by atoms with E-state index in [-0.39, 0.29) is 12.6 Å². The molecule has 0 bridgehead atoms. The van der Waals surface area contributed by atoms with E-state index < -0.39 is 21.0 Å². The van der Waals surface area contributed by atoms with Gasteiger partial charge in [-0.2, -0.15) is 0 Å². The number of ether oxygens (including phenoxy) is 2. The molecular formula is C29H35NO3S. The van der Waals surface area contributed by atoms with Gasteiger partial charge in [0.1, 0.15) is 12.6 Å². The Kier molecular flexibility index (Phi) is 8.72. The molecule has 0 spiro atoms.